The normalized spacial score (nSPS) is 10.6. The number of esters is 1. The first-order valence-electron chi connectivity index (χ1n) is 7.83. The number of halogens is 1. The van der Waals surface area contributed by atoms with E-state index in [1.807, 2.05) is 30.3 Å². The average Bonchev–Trinajstić information content (AvgIpc) is 2.68. The molecule has 0 aliphatic carbocycles. The lowest BCUT2D eigenvalue weighted by Crippen LogP contribution is -3.00. The van der Waals surface area contributed by atoms with E-state index in [-0.39, 0.29) is 23.0 Å². The standard InChI is InChI=1S/C21H20O2P.BrH/c1-23-21(22)19-15-9-10-16-20(19)24(2,17-11-5-3-6-12-17)18-13-7-4-8-14-18;/h3-16H,1-2H3;1H/q+1;/p-1. The van der Waals surface area contributed by atoms with Crippen LogP contribution in [0.25, 0.3) is 0 Å². The minimum Gasteiger partial charge on any atom is -1.00 e. The molecule has 4 heteroatoms. The highest BCUT2D eigenvalue weighted by atomic mass is 79.9. The smallest absolute Gasteiger partial charge is 0.341 e. The second kappa shape index (κ2) is 8.42. The molecule has 3 aromatic carbocycles. The quantitative estimate of drug-likeness (QED) is 0.456. The fraction of sp³-hybridized carbons (Fsp3) is 0.0952. The Balaban J connectivity index is 0.00000225. The second-order valence-corrected chi connectivity index (χ2v) is 9.21. The summed E-state index contributed by atoms with van der Waals surface area (Å²) in [4.78, 5) is 12.3. The third kappa shape index (κ3) is 3.68. The molecule has 0 saturated carbocycles. The van der Waals surface area contributed by atoms with Crippen LogP contribution in [-0.4, -0.2) is 19.7 Å². The van der Waals surface area contributed by atoms with Gasteiger partial charge >= 0.3 is 5.97 Å². The van der Waals surface area contributed by atoms with Gasteiger partial charge in [-0.15, -0.1) is 0 Å². The maximum atomic E-state index is 12.3. The Morgan fingerprint density at radius 3 is 1.68 bits per heavy atom. The molecule has 0 aliphatic heterocycles. The van der Waals surface area contributed by atoms with E-state index < -0.39 is 7.26 Å². The second-order valence-electron chi connectivity index (χ2n) is 5.69. The fourth-order valence-corrected chi connectivity index (χ4v) is 6.45. The Kier molecular flexibility index (Phi) is 6.52. The number of hydrogen-bond donors (Lipinski definition) is 0. The van der Waals surface area contributed by atoms with E-state index in [0.717, 1.165) is 5.30 Å². The summed E-state index contributed by atoms with van der Waals surface area (Å²) in [5.74, 6) is -0.288. The number of rotatable bonds is 4. The molecule has 0 bridgehead atoms. The molecule has 0 N–H and O–H groups in total. The Hall–Kier alpha value is -1.96. The van der Waals surface area contributed by atoms with Crippen LogP contribution >= 0.6 is 7.26 Å². The third-order valence-electron chi connectivity index (χ3n) is 4.34. The molecule has 0 radical (unpaired) electrons. The highest BCUT2D eigenvalue weighted by Gasteiger charge is 2.42. The van der Waals surface area contributed by atoms with E-state index in [2.05, 4.69) is 61.3 Å². The lowest BCUT2D eigenvalue weighted by Gasteiger charge is -2.24. The number of carbonyl (C=O) groups is 1. The molecule has 3 aromatic rings. The summed E-state index contributed by atoms with van der Waals surface area (Å²) in [5.41, 5.74) is 0.642. The lowest BCUT2D eigenvalue weighted by molar-refractivity contribution is -0.0000194. The van der Waals surface area contributed by atoms with Crippen LogP contribution in [0.5, 0.6) is 0 Å². The minimum atomic E-state index is -1.93. The van der Waals surface area contributed by atoms with Gasteiger partial charge in [0.2, 0.25) is 0 Å². The van der Waals surface area contributed by atoms with Crippen molar-refractivity contribution >= 4 is 29.1 Å². The molecular formula is C21H20BrO2P. The Morgan fingerprint density at radius 1 is 0.760 bits per heavy atom. The molecule has 0 aliphatic rings. The summed E-state index contributed by atoms with van der Waals surface area (Å²) in [5, 5.41) is 3.54. The molecule has 0 spiro atoms. The zero-order chi connectivity index (χ0) is 17.0. The van der Waals surface area contributed by atoms with Gasteiger partial charge in [-0.3, -0.25) is 0 Å². The van der Waals surface area contributed by atoms with E-state index >= 15 is 0 Å². The van der Waals surface area contributed by atoms with Gasteiger partial charge in [-0.05, 0) is 36.4 Å². The maximum Gasteiger partial charge on any atom is 0.341 e. The number of methoxy groups -OCH3 is 1. The Labute approximate surface area is 160 Å². The highest BCUT2D eigenvalue weighted by Crippen LogP contribution is 2.52. The summed E-state index contributed by atoms with van der Waals surface area (Å²) in [6, 6.07) is 28.6. The molecule has 0 atom stereocenters. The van der Waals surface area contributed by atoms with Crippen LogP contribution in [0.2, 0.25) is 0 Å². The molecule has 0 heterocycles. The topological polar surface area (TPSA) is 26.3 Å². The molecule has 3 rings (SSSR count). The van der Waals surface area contributed by atoms with Crippen molar-refractivity contribution in [3.05, 3.63) is 90.5 Å². The zero-order valence-corrected chi connectivity index (χ0v) is 16.7. The maximum absolute atomic E-state index is 12.3. The van der Waals surface area contributed by atoms with Crippen LogP contribution in [0.4, 0.5) is 0 Å². The fourth-order valence-electron chi connectivity index (χ4n) is 3.03. The van der Waals surface area contributed by atoms with Gasteiger partial charge in [-0.25, -0.2) is 4.79 Å². The average molecular weight is 415 g/mol. The van der Waals surface area contributed by atoms with Crippen LogP contribution in [-0.2, 0) is 4.74 Å². The van der Waals surface area contributed by atoms with Gasteiger partial charge in [0.15, 0.2) is 0 Å². The molecule has 2 nitrogen and oxygen atoms in total. The van der Waals surface area contributed by atoms with Gasteiger partial charge in [0.05, 0.1) is 13.8 Å². The predicted molar refractivity (Wildman–Crippen MR) is 102 cm³/mol. The monoisotopic (exact) mass is 414 g/mol. The first kappa shape index (κ1) is 19.4. The first-order valence-corrected chi connectivity index (χ1v) is 10.1. The summed E-state index contributed by atoms with van der Waals surface area (Å²) >= 11 is 0. The number of carbonyl (C=O) groups excluding carboxylic acids is 1. The van der Waals surface area contributed by atoms with Crippen molar-refractivity contribution in [1.82, 2.24) is 0 Å². The summed E-state index contributed by atoms with van der Waals surface area (Å²) in [6.45, 7) is 2.26. The van der Waals surface area contributed by atoms with Gasteiger partial charge in [0, 0.05) is 0 Å². The van der Waals surface area contributed by atoms with Crippen molar-refractivity contribution in [3.63, 3.8) is 0 Å². The largest absolute Gasteiger partial charge is 1.00 e. The van der Waals surface area contributed by atoms with Crippen LogP contribution < -0.4 is 32.9 Å². The SMILES string of the molecule is COC(=O)c1ccccc1[P+](C)(c1ccccc1)c1ccccc1.[Br-]. The van der Waals surface area contributed by atoms with E-state index in [4.69, 9.17) is 4.74 Å². The number of hydrogen-bond acceptors (Lipinski definition) is 2. The Bertz CT molecular complexity index is 795. The predicted octanol–water partition coefficient (Wildman–Crippen LogP) is 0.401. The van der Waals surface area contributed by atoms with E-state index in [9.17, 15) is 4.79 Å². The van der Waals surface area contributed by atoms with Crippen LogP contribution in [0.1, 0.15) is 10.4 Å². The number of benzene rings is 3. The van der Waals surface area contributed by atoms with Gasteiger partial charge in [0.25, 0.3) is 0 Å². The zero-order valence-electron chi connectivity index (χ0n) is 14.2. The summed E-state index contributed by atoms with van der Waals surface area (Å²) in [7, 11) is -0.501. The van der Waals surface area contributed by atoms with E-state index in [1.54, 1.807) is 0 Å². The molecule has 128 valence electrons. The van der Waals surface area contributed by atoms with Gasteiger partial charge < -0.3 is 21.7 Å². The first-order chi connectivity index (χ1) is 11.7. The van der Waals surface area contributed by atoms with Crippen molar-refractivity contribution in [1.29, 1.82) is 0 Å². The summed E-state index contributed by atoms with van der Waals surface area (Å²) in [6.07, 6.45) is 0. The molecule has 25 heavy (non-hydrogen) atoms. The van der Waals surface area contributed by atoms with E-state index in [0.29, 0.717) is 5.56 Å². The summed E-state index contributed by atoms with van der Waals surface area (Å²) < 4.78 is 5.02. The van der Waals surface area contributed by atoms with Crippen LogP contribution in [0, 0.1) is 0 Å². The third-order valence-corrected chi connectivity index (χ3v) is 8.35. The van der Waals surface area contributed by atoms with Gasteiger partial charge in [-0.2, -0.15) is 0 Å². The van der Waals surface area contributed by atoms with Crippen molar-refractivity contribution in [2.24, 2.45) is 0 Å². The van der Waals surface area contributed by atoms with Crippen LogP contribution in [0.3, 0.4) is 0 Å². The van der Waals surface area contributed by atoms with Crippen molar-refractivity contribution in [2.75, 3.05) is 13.8 Å². The molecule has 0 fully saturated rings. The van der Waals surface area contributed by atoms with Crippen LogP contribution in [0.15, 0.2) is 84.9 Å². The molecule has 0 amide bonds. The molecular weight excluding hydrogens is 395 g/mol. The number of ether oxygens (including phenoxy) is 1. The molecule has 0 saturated heterocycles. The molecule has 0 unspecified atom stereocenters. The lowest BCUT2D eigenvalue weighted by atomic mass is 10.2. The van der Waals surface area contributed by atoms with Crippen molar-refractivity contribution in [3.8, 4) is 0 Å². The molecule has 0 aromatic heterocycles. The van der Waals surface area contributed by atoms with Crippen molar-refractivity contribution in [2.45, 2.75) is 0 Å². The Morgan fingerprint density at radius 2 is 1.20 bits per heavy atom. The highest BCUT2D eigenvalue weighted by molar-refractivity contribution is 7.95. The van der Waals surface area contributed by atoms with E-state index in [1.165, 1.54) is 17.7 Å². The minimum absolute atomic E-state index is 0. The van der Waals surface area contributed by atoms with Gasteiger partial charge in [0.1, 0.15) is 28.7 Å². The van der Waals surface area contributed by atoms with Gasteiger partial charge in [-0.1, -0.05) is 48.5 Å². The van der Waals surface area contributed by atoms with Crippen molar-refractivity contribution < 1.29 is 26.5 Å².